The second-order valence-corrected chi connectivity index (χ2v) is 7.07. The van der Waals surface area contributed by atoms with Crippen LogP contribution < -0.4 is 5.32 Å². The van der Waals surface area contributed by atoms with E-state index in [2.05, 4.69) is 5.32 Å². The molecule has 1 saturated carbocycles. The van der Waals surface area contributed by atoms with Crippen LogP contribution in [-0.2, 0) is 27.5 Å². The van der Waals surface area contributed by atoms with Crippen LogP contribution >= 0.6 is 0 Å². The average molecular weight is 319 g/mol. The smallest absolute Gasteiger partial charge is 0.307 e. The minimum atomic E-state index is -0.877. The largest absolute Gasteiger partial charge is 0.481 e. The molecule has 126 valence electrons. The maximum Gasteiger partial charge on any atom is 0.307 e. The number of carbonyl (C=O) groups excluding carboxylic acids is 1. The highest BCUT2D eigenvalue weighted by molar-refractivity contribution is 5.86. The first-order valence-electron chi connectivity index (χ1n) is 7.98. The summed E-state index contributed by atoms with van der Waals surface area (Å²) in [5, 5.41) is 11.8. The van der Waals surface area contributed by atoms with Crippen LogP contribution in [-0.4, -0.2) is 22.6 Å². The highest BCUT2D eigenvalue weighted by Gasteiger charge is 2.41. The number of benzene rings is 1. The van der Waals surface area contributed by atoms with Crippen LogP contribution in [0.5, 0.6) is 0 Å². The monoisotopic (exact) mass is 319 g/mol. The molecule has 23 heavy (non-hydrogen) atoms. The van der Waals surface area contributed by atoms with Gasteiger partial charge in [0.15, 0.2) is 0 Å². The molecule has 0 bridgehead atoms. The Hall–Kier alpha value is -1.88. The normalized spacial score (nSPS) is 20.7. The highest BCUT2D eigenvalue weighted by Crippen LogP contribution is 2.34. The molecule has 2 rings (SSSR count). The lowest BCUT2D eigenvalue weighted by molar-refractivity contribution is -0.152. The van der Waals surface area contributed by atoms with Crippen LogP contribution in [0.25, 0.3) is 0 Å². The summed E-state index contributed by atoms with van der Waals surface area (Å²) in [4.78, 5) is 23.0. The highest BCUT2D eigenvalue weighted by atomic mass is 16.5. The summed E-state index contributed by atoms with van der Waals surface area (Å²) in [7, 11) is 0. The van der Waals surface area contributed by atoms with Gasteiger partial charge in [-0.2, -0.15) is 0 Å². The summed E-state index contributed by atoms with van der Waals surface area (Å²) in [5.41, 5.74) is 1.85. The van der Waals surface area contributed by atoms with E-state index in [1.54, 1.807) is 0 Å². The van der Waals surface area contributed by atoms with Gasteiger partial charge in [0, 0.05) is 6.54 Å². The van der Waals surface area contributed by atoms with Gasteiger partial charge in [0.2, 0.25) is 5.91 Å². The molecule has 0 heterocycles. The first-order chi connectivity index (χ1) is 10.8. The second kappa shape index (κ2) is 7.13. The van der Waals surface area contributed by atoms with E-state index >= 15 is 0 Å². The molecule has 1 aromatic carbocycles. The third-order valence-electron chi connectivity index (χ3n) is 4.06. The van der Waals surface area contributed by atoms with E-state index in [0.717, 1.165) is 11.1 Å². The zero-order chi connectivity index (χ0) is 17.0. The Morgan fingerprint density at radius 3 is 2.43 bits per heavy atom. The number of hydrogen-bond acceptors (Lipinski definition) is 3. The summed E-state index contributed by atoms with van der Waals surface area (Å²) in [6.45, 7) is 6.96. The van der Waals surface area contributed by atoms with Crippen LogP contribution in [0.2, 0.25) is 0 Å². The van der Waals surface area contributed by atoms with Gasteiger partial charge >= 0.3 is 5.97 Å². The van der Waals surface area contributed by atoms with Crippen molar-refractivity contribution in [2.75, 3.05) is 0 Å². The molecule has 5 heteroatoms. The van der Waals surface area contributed by atoms with Gasteiger partial charge in [0.05, 0.1) is 24.0 Å². The predicted molar refractivity (Wildman–Crippen MR) is 86.7 cm³/mol. The maximum absolute atomic E-state index is 12.1. The summed E-state index contributed by atoms with van der Waals surface area (Å²) >= 11 is 0. The van der Waals surface area contributed by atoms with Crippen molar-refractivity contribution in [2.45, 2.75) is 52.4 Å². The molecule has 1 aromatic rings. The standard InChI is InChI=1S/C18H25NO4/c1-18(2,3)23-11-13-6-4-5-12(9-13)10-19-16(20)14-7-8-15(14)17(21)22/h4-6,9,14-15H,7-8,10-11H2,1-3H3,(H,19,20)(H,21,22). The number of rotatable bonds is 6. The van der Waals surface area contributed by atoms with Gasteiger partial charge in [-0.3, -0.25) is 9.59 Å². The van der Waals surface area contributed by atoms with Gasteiger partial charge in [-0.15, -0.1) is 0 Å². The van der Waals surface area contributed by atoms with Crippen LogP contribution in [0.4, 0.5) is 0 Å². The second-order valence-electron chi connectivity index (χ2n) is 7.07. The summed E-state index contributed by atoms with van der Waals surface area (Å²) in [6, 6.07) is 7.87. The number of aliphatic carboxylic acids is 1. The molecule has 5 nitrogen and oxygen atoms in total. The molecule has 1 aliphatic carbocycles. The molecule has 0 spiro atoms. The Bertz CT molecular complexity index is 577. The fraction of sp³-hybridized carbons (Fsp3) is 0.556. The van der Waals surface area contributed by atoms with Gasteiger partial charge in [-0.1, -0.05) is 24.3 Å². The zero-order valence-electron chi connectivity index (χ0n) is 14.0. The molecule has 1 fully saturated rings. The third kappa shape index (κ3) is 5.06. The Morgan fingerprint density at radius 1 is 1.22 bits per heavy atom. The number of carboxylic acid groups (broad SMARTS) is 1. The number of hydrogen-bond donors (Lipinski definition) is 2. The molecule has 1 amide bonds. The van der Waals surface area contributed by atoms with Crippen LogP contribution in [0, 0.1) is 11.8 Å². The number of amides is 1. The molecule has 2 N–H and O–H groups in total. The van der Waals surface area contributed by atoms with Crippen molar-refractivity contribution in [1.82, 2.24) is 5.32 Å². The molecule has 2 atom stereocenters. The topological polar surface area (TPSA) is 75.6 Å². The first kappa shape index (κ1) is 17.5. The Kier molecular flexibility index (Phi) is 5.42. The lowest BCUT2D eigenvalue weighted by atomic mass is 9.73. The first-order valence-corrected chi connectivity index (χ1v) is 7.98. The van der Waals surface area contributed by atoms with E-state index in [-0.39, 0.29) is 17.4 Å². The number of ether oxygens (including phenoxy) is 1. The zero-order valence-corrected chi connectivity index (χ0v) is 14.0. The van der Waals surface area contributed by atoms with E-state index in [0.29, 0.717) is 26.0 Å². The molecule has 2 unspecified atom stereocenters. The maximum atomic E-state index is 12.1. The molecule has 0 aliphatic heterocycles. The van der Waals surface area contributed by atoms with E-state index in [1.165, 1.54) is 0 Å². The lowest BCUT2D eigenvalue weighted by Gasteiger charge is -2.31. The van der Waals surface area contributed by atoms with Crippen molar-refractivity contribution in [3.05, 3.63) is 35.4 Å². The van der Waals surface area contributed by atoms with E-state index in [4.69, 9.17) is 9.84 Å². The molecule has 0 saturated heterocycles. The fourth-order valence-electron chi connectivity index (χ4n) is 2.56. The fourth-order valence-corrected chi connectivity index (χ4v) is 2.56. The average Bonchev–Trinajstić information content (AvgIpc) is 2.41. The Labute approximate surface area is 137 Å². The van der Waals surface area contributed by atoms with E-state index in [1.807, 2.05) is 45.0 Å². The molecule has 0 aromatic heterocycles. The van der Waals surface area contributed by atoms with E-state index < -0.39 is 11.9 Å². The van der Waals surface area contributed by atoms with Crippen molar-refractivity contribution in [3.63, 3.8) is 0 Å². The van der Waals surface area contributed by atoms with Crippen molar-refractivity contribution < 1.29 is 19.4 Å². The van der Waals surface area contributed by atoms with Gasteiger partial charge in [-0.25, -0.2) is 0 Å². The quantitative estimate of drug-likeness (QED) is 0.845. The van der Waals surface area contributed by atoms with Gasteiger partial charge in [-0.05, 0) is 44.7 Å². The van der Waals surface area contributed by atoms with Crippen LogP contribution in [0.15, 0.2) is 24.3 Å². The Morgan fingerprint density at radius 2 is 1.87 bits per heavy atom. The minimum absolute atomic E-state index is 0.167. The van der Waals surface area contributed by atoms with Crippen molar-refractivity contribution >= 4 is 11.9 Å². The van der Waals surface area contributed by atoms with Crippen molar-refractivity contribution in [3.8, 4) is 0 Å². The van der Waals surface area contributed by atoms with Crippen LogP contribution in [0.1, 0.15) is 44.7 Å². The molecule has 1 aliphatic rings. The van der Waals surface area contributed by atoms with E-state index in [9.17, 15) is 9.59 Å². The molecule has 0 radical (unpaired) electrons. The Balaban J connectivity index is 1.86. The summed E-state index contributed by atoms with van der Waals surface area (Å²) in [5.74, 6) is -1.96. The molecular formula is C18H25NO4. The summed E-state index contributed by atoms with van der Waals surface area (Å²) in [6.07, 6.45) is 1.25. The lowest BCUT2D eigenvalue weighted by Crippen LogP contribution is -2.43. The van der Waals surface area contributed by atoms with Crippen molar-refractivity contribution in [2.24, 2.45) is 11.8 Å². The van der Waals surface area contributed by atoms with Gasteiger partial charge in [0.1, 0.15) is 0 Å². The van der Waals surface area contributed by atoms with Crippen molar-refractivity contribution in [1.29, 1.82) is 0 Å². The minimum Gasteiger partial charge on any atom is -0.481 e. The third-order valence-corrected chi connectivity index (χ3v) is 4.06. The van der Waals surface area contributed by atoms with Gasteiger partial charge < -0.3 is 15.2 Å². The number of nitrogens with one attached hydrogen (secondary N) is 1. The number of carboxylic acids is 1. The predicted octanol–water partition coefficient (Wildman–Crippen LogP) is 2.73. The SMILES string of the molecule is CC(C)(C)OCc1cccc(CNC(=O)C2CCC2C(=O)O)c1. The van der Waals surface area contributed by atoms with Crippen LogP contribution in [0.3, 0.4) is 0 Å². The summed E-state index contributed by atoms with van der Waals surface area (Å²) < 4.78 is 5.75. The molecular weight excluding hydrogens is 294 g/mol. The van der Waals surface area contributed by atoms with Gasteiger partial charge in [0.25, 0.3) is 0 Å². The number of carbonyl (C=O) groups is 2.